The van der Waals surface area contributed by atoms with Crippen LogP contribution in [0.1, 0.15) is 20.9 Å². The average Bonchev–Trinajstić information content (AvgIpc) is 2.98. The predicted octanol–water partition coefficient (Wildman–Crippen LogP) is 2.45. The highest BCUT2D eigenvalue weighted by Gasteiger charge is 2.16. The molecule has 2 rings (SSSR count). The van der Waals surface area contributed by atoms with Gasteiger partial charge in [0.2, 0.25) is 5.75 Å². The fourth-order valence-electron chi connectivity index (χ4n) is 2.17. The number of carbonyl (C=O) groups is 1. The van der Waals surface area contributed by atoms with Gasteiger partial charge >= 0.3 is 0 Å². The summed E-state index contributed by atoms with van der Waals surface area (Å²) in [5.41, 5.74) is 3.28. The standard InChI is InChI=1S/C16H20N2O4S/c1-10-14(23-9-18-10)5-6-17-16(19)11-7-12(20-2)15(22-4)13(8-11)21-3/h7-9H,5-6H2,1-4H3,(H,17,19). The highest BCUT2D eigenvalue weighted by molar-refractivity contribution is 7.09. The predicted molar refractivity (Wildman–Crippen MR) is 89.0 cm³/mol. The van der Waals surface area contributed by atoms with Gasteiger partial charge in [0.25, 0.3) is 5.91 Å². The van der Waals surface area contributed by atoms with Crippen LogP contribution >= 0.6 is 11.3 Å². The number of carbonyl (C=O) groups excluding carboxylic acids is 1. The third kappa shape index (κ3) is 3.92. The van der Waals surface area contributed by atoms with E-state index in [0.29, 0.717) is 29.4 Å². The summed E-state index contributed by atoms with van der Waals surface area (Å²) in [4.78, 5) is 17.7. The second-order valence-corrected chi connectivity index (χ2v) is 5.72. The van der Waals surface area contributed by atoms with Crippen LogP contribution in [0.15, 0.2) is 17.6 Å². The van der Waals surface area contributed by atoms with Gasteiger partial charge in [0, 0.05) is 23.4 Å². The van der Waals surface area contributed by atoms with Gasteiger partial charge in [-0.3, -0.25) is 4.79 Å². The number of ether oxygens (including phenoxy) is 3. The number of aromatic nitrogens is 1. The number of amides is 1. The SMILES string of the molecule is COc1cc(C(=O)NCCc2scnc2C)cc(OC)c1OC. The van der Waals surface area contributed by atoms with Crippen molar-refractivity contribution in [2.45, 2.75) is 13.3 Å². The number of nitrogens with zero attached hydrogens (tertiary/aromatic N) is 1. The third-order valence-corrected chi connectivity index (χ3v) is 4.40. The molecule has 0 bridgehead atoms. The summed E-state index contributed by atoms with van der Waals surface area (Å²) in [5.74, 6) is 1.18. The maximum absolute atomic E-state index is 12.3. The minimum Gasteiger partial charge on any atom is -0.493 e. The molecule has 2 aromatic rings. The van der Waals surface area contributed by atoms with Gasteiger partial charge in [-0.2, -0.15) is 0 Å². The Balaban J connectivity index is 2.08. The number of aryl methyl sites for hydroxylation is 1. The van der Waals surface area contributed by atoms with Gasteiger partial charge in [-0.1, -0.05) is 0 Å². The Hall–Kier alpha value is -2.28. The maximum Gasteiger partial charge on any atom is 0.251 e. The lowest BCUT2D eigenvalue weighted by Gasteiger charge is -2.14. The molecule has 1 aromatic heterocycles. The molecule has 0 unspecified atom stereocenters. The molecule has 0 aliphatic heterocycles. The summed E-state index contributed by atoms with van der Waals surface area (Å²) < 4.78 is 15.8. The van der Waals surface area contributed by atoms with Crippen LogP contribution in [0.3, 0.4) is 0 Å². The number of thiazole rings is 1. The Kier molecular flexibility index (Phi) is 5.81. The normalized spacial score (nSPS) is 10.3. The second kappa shape index (κ2) is 7.82. The maximum atomic E-state index is 12.3. The number of hydrogen-bond acceptors (Lipinski definition) is 6. The second-order valence-electron chi connectivity index (χ2n) is 4.78. The van der Waals surface area contributed by atoms with E-state index in [1.807, 2.05) is 12.4 Å². The highest BCUT2D eigenvalue weighted by Crippen LogP contribution is 2.38. The van der Waals surface area contributed by atoms with Gasteiger partial charge in [0.1, 0.15) is 0 Å². The summed E-state index contributed by atoms with van der Waals surface area (Å²) in [7, 11) is 4.56. The first-order valence-corrected chi connectivity index (χ1v) is 7.95. The van der Waals surface area contributed by atoms with Crippen molar-refractivity contribution < 1.29 is 19.0 Å². The first-order valence-electron chi connectivity index (χ1n) is 7.07. The molecule has 0 spiro atoms. The van der Waals surface area contributed by atoms with Crippen LogP contribution in [-0.4, -0.2) is 38.8 Å². The van der Waals surface area contributed by atoms with Crippen molar-refractivity contribution in [2.24, 2.45) is 0 Å². The molecule has 23 heavy (non-hydrogen) atoms. The molecule has 0 fully saturated rings. The van der Waals surface area contributed by atoms with E-state index in [2.05, 4.69) is 10.3 Å². The molecule has 1 heterocycles. The van der Waals surface area contributed by atoms with E-state index in [4.69, 9.17) is 14.2 Å². The number of rotatable bonds is 7. The van der Waals surface area contributed by atoms with E-state index in [1.54, 1.807) is 23.5 Å². The fraction of sp³-hybridized carbons (Fsp3) is 0.375. The average molecular weight is 336 g/mol. The van der Waals surface area contributed by atoms with Gasteiger partial charge in [0.05, 0.1) is 32.5 Å². The highest BCUT2D eigenvalue weighted by atomic mass is 32.1. The quantitative estimate of drug-likeness (QED) is 0.841. The van der Waals surface area contributed by atoms with E-state index in [0.717, 1.165) is 12.1 Å². The lowest BCUT2D eigenvalue weighted by molar-refractivity contribution is 0.0953. The van der Waals surface area contributed by atoms with Crippen LogP contribution in [0.25, 0.3) is 0 Å². The van der Waals surface area contributed by atoms with E-state index in [1.165, 1.54) is 26.2 Å². The zero-order chi connectivity index (χ0) is 16.8. The third-order valence-electron chi connectivity index (χ3n) is 3.41. The molecule has 1 N–H and O–H groups in total. The summed E-state index contributed by atoms with van der Waals surface area (Å²) in [6.45, 7) is 2.51. The molecule has 0 radical (unpaired) electrons. The molecule has 0 aliphatic rings. The zero-order valence-corrected chi connectivity index (χ0v) is 14.5. The summed E-state index contributed by atoms with van der Waals surface area (Å²) in [6, 6.07) is 3.27. The number of hydrogen-bond donors (Lipinski definition) is 1. The lowest BCUT2D eigenvalue weighted by atomic mass is 10.1. The van der Waals surface area contributed by atoms with Crippen LogP contribution in [-0.2, 0) is 6.42 Å². The van der Waals surface area contributed by atoms with Gasteiger partial charge < -0.3 is 19.5 Å². The van der Waals surface area contributed by atoms with Crippen molar-refractivity contribution in [1.29, 1.82) is 0 Å². The Morgan fingerprint density at radius 1 is 1.17 bits per heavy atom. The molecule has 0 atom stereocenters. The molecule has 1 aromatic carbocycles. The van der Waals surface area contributed by atoms with E-state index in [-0.39, 0.29) is 5.91 Å². The Morgan fingerprint density at radius 3 is 2.30 bits per heavy atom. The van der Waals surface area contributed by atoms with E-state index >= 15 is 0 Å². The van der Waals surface area contributed by atoms with Crippen molar-refractivity contribution >= 4 is 17.2 Å². The molecule has 0 saturated carbocycles. The molecule has 1 amide bonds. The minimum atomic E-state index is -0.188. The summed E-state index contributed by atoms with van der Waals surface area (Å²) in [5, 5.41) is 2.89. The van der Waals surface area contributed by atoms with Crippen LogP contribution in [0, 0.1) is 6.92 Å². The largest absolute Gasteiger partial charge is 0.493 e. The molecular weight excluding hydrogens is 316 g/mol. The Bertz CT molecular complexity index is 659. The number of nitrogens with one attached hydrogen (secondary N) is 1. The Labute approximate surface area is 139 Å². The van der Waals surface area contributed by atoms with Crippen molar-refractivity contribution in [1.82, 2.24) is 10.3 Å². The minimum absolute atomic E-state index is 0.188. The van der Waals surface area contributed by atoms with Crippen molar-refractivity contribution in [3.8, 4) is 17.2 Å². The molecule has 0 aliphatic carbocycles. The van der Waals surface area contributed by atoms with Crippen LogP contribution in [0.4, 0.5) is 0 Å². The van der Waals surface area contributed by atoms with Crippen LogP contribution in [0.2, 0.25) is 0 Å². The van der Waals surface area contributed by atoms with Gasteiger partial charge in [-0.05, 0) is 19.1 Å². The summed E-state index contributed by atoms with van der Waals surface area (Å²) in [6.07, 6.45) is 0.757. The van der Waals surface area contributed by atoms with Crippen molar-refractivity contribution in [3.05, 3.63) is 33.8 Å². The lowest BCUT2D eigenvalue weighted by Crippen LogP contribution is -2.25. The monoisotopic (exact) mass is 336 g/mol. The first-order chi connectivity index (χ1) is 11.1. The zero-order valence-electron chi connectivity index (χ0n) is 13.6. The topological polar surface area (TPSA) is 69.7 Å². The van der Waals surface area contributed by atoms with Crippen molar-refractivity contribution in [3.63, 3.8) is 0 Å². The smallest absolute Gasteiger partial charge is 0.251 e. The van der Waals surface area contributed by atoms with Gasteiger partial charge in [-0.25, -0.2) is 4.98 Å². The molecule has 124 valence electrons. The van der Waals surface area contributed by atoms with Gasteiger partial charge in [-0.15, -0.1) is 11.3 Å². The number of methoxy groups -OCH3 is 3. The fourth-order valence-corrected chi connectivity index (χ4v) is 2.95. The summed E-state index contributed by atoms with van der Waals surface area (Å²) >= 11 is 1.60. The van der Waals surface area contributed by atoms with Crippen LogP contribution < -0.4 is 19.5 Å². The Morgan fingerprint density at radius 2 is 1.83 bits per heavy atom. The molecule has 7 heteroatoms. The van der Waals surface area contributed by atoms with Crippen LogP contribution in [0.5, 0.6) is 17.2 Å². The van der Waals surface area contributed by atoms with E-state index in [9.17, 15) is 4.79 Å². The molecule has 6 nitrogen and oxygen atoms in total. The van der Waals surface area contributed by atoms with Crippen molar-refractivity contribution in [2.75, 3.05) is 27.9 Å². The first kappa shape index (κ1) is 17.1. The molecular formula is C16H20N2O4S. The van der Waals surface area contributed by atoms with Gasteiger partial charge in [0.15, 0.2) is 11.5 Å². The van der Waals surface area contributed by atoms with E-state index < -0.39 is 0 Å². The molecule has 0 saturated heterocycles. The number of benzene rings is 1.